The summed E-state index contributed by atoms with van der Waals surface area (Å²) >= 11 is 0. The van der Waals surface area contributed by atoms with Crippen molar-refractivity contribution in [2.75, 3.05) is 47.4 Å². The normalized spacial score (nSPS) is 12.2. The first kappa shape index (κ1) is 18.7. The van der Waals surface area contributed by atoms with Crippen LogP contribution in [-0.4, -0.2) is 80.4 Å². The molecule has 2 N–H and O–H groups in total. The van der Waals surface area contributed by atoms with Gasteiger partial charge < -0.3 is 25.0 Å². The zero-order valence-corrected chi connectivity index (χ0v) is 12.9. The van der Waals surface area contributed by atoms with Gasteiger partial charge in [0.25, 0.3) is 0 Å². The number of aliphatic carboxylic acids is 1. The lowest BCUT2D eigenvalue weighted by Gasteiger charge is -2.26. The van der Waals surface area contributed by atoms with E-state index >= 15 is 0 Å². The first-order valence-corrected chi connectivity index (χ1v) is 6.84. The first-order chi connectivity index (χ1) is 9.42. The molecule has 1 atom stereocenters. The number of carboxylic acid groups (broad SMARTS) is 1. The van der Waals surface area contributed by atoms with Crippen LogP contribution in [0.25, 0.3) is 0 Å². The van der Waals surface area contributed by atoms with Crippen LogP contribution in [0.5, 0.6) is 0 Å². The molecule has 0 aromatic heterocycles. The fraction of sp³-hybridized carbons (Fsp3) is 0.846. The molecule has 0 spiro atoms. The third kappa shape index (κ3) is 7.96. The maximum atomic E-state index is 12.1. The number of carbonyl (C=O) groups is 2. The monoisotopic (exact) mass is 289 g/mol. The molecular formula is C13H27N3O4. The molecule has 0 saturated carbocycles. The zero-order chi connectivity index (χ0) is 15.5. The van der Waals surface area contributed by atoms with Gasteiger partial charge in [-0.25, -0.2) is 9.59 Å². The highest BCUT2D eigenvalue weighted by atomic mass is 16.5. The Kier molecular flexibility index (Phi) is 9.75. The fourth-order valence-corrected chi connectivity index (χ4v) is 1.64. The summed E-state index contributed by atoms with van der Waals surface area (Å²) in [6.07, 6.45) is 1.09. The van der Waals surface area contributed by atoms with E-state index in [0.29, 0.717) is 19.7 Å². The maximum Gasteiger partial charge on any atom is 0.326 e. The lowest BCUT2D eigenvalue weighted by molar-refractivity contribution is -0.139. The molecule has 0 aliphatic carbocycles. The van der Waals surface area contributed by atoms with Crippen LogP contribution >= 0.6 is 0 Å². The number of likely N-dealkylation sites (N-methyl/N-ethyl adjacent to an activating group) is 1. The molecule has 118 valence electrons. The quantitative estimate of drug-likeness (QED) is 0.610. The van der Waals surface area contributed by atoms with Crippen LogP contribution in [0.1, 0.15) is 19.8 Å². The SMILES string of the molecule is CCCN(CCN(C)C)C(=O)NC(CCOC)C(=O)O. The molecule has 0 bridgehead atoms. The second-order valence-electron chi connectivity index (χ2n) is 4.91. The van der Waals surface area contributed by atoms with E-state index in [9.17, 15) is 9.59 Å². The lowest BCUT2D eigenvalue weighted by atomic mass is 10.2. The lowest BCUT2D eigenvalue weighted by Crippen LogP contribution is -2.50. The van der Waals surface area contributed by atoms with Crippen molar-refractivity contribution >= 4 is 12.0 Å². The van der Waals surface area contributed by atoms with Gasteiger partial charge in [-0.2, -0.15) is 0 Å². The fourth-order valence-electron chi connectivity index (χ4n) is 1.64. The van der Waals surface area contributed by atoms with Gasteiger partial charge in [0.05, 0.1) is 0 Å². The molecule has 0 fully saturated rings. The van der Waals surface area contributed by atoms with Crippen molar-refractivity contribution in [2.24, 2.45) is 0 Å². The second-order valence-corrected chi connectivity index (χ2v) is 4.91. The van der Waals surface area contributed by atoms with Gasteiger partial charge >= 0.3 is 12.0 Å². The number of amides is 2. The van der Waals surface area contributed by atoms with Gasteiger partial charge in [-0.05, 0) is 20.5 Å². The Bertz CT molecular complexity index is 297. The number of carboxylic acids is 1. The number of methoxy groups -OCH3 is 1. The summed E-state index contributed by atoms with van der Waals surface area (Å²) in [6.45, 7) is 4.20. The zero-order valence-electron chi connectivity index (χ0n) is 12.9. The predicted octanol–water partition coefficient (Wildman–Crippen LogP) is 0.459. The largest absolute Gasteiger partial charge is 0.480 e. The van der Waals surface area contributed by atoms with Crippen LogP contribution in [-0.2, 0) is 9.53 Å². The van der Waals surface area contributed by atoms with Crippen LogP contribution in [0.3, 0.4) is 0 Å². The maximum absolute atomic E-state index is 12.1. The minimum absolute atomic E-state index is 0.255. The number of rotatable bonds is 10. The van der Waals surface area contributed by atoms with Crippen molar-refractivity contribution in [3.63, 3.8) is 0 Å². The topological polar surface area (TPSA) is 82.1 Å². The Hall–Kier alpha value is -1.34. The molecule has 0 saturated heterocycles. The van der Waals surface area contributed by atoms with Gasteiger partial charge in [-0.1, -0.05) is 6.92 Å². The Labute approximate surface area is 120 Å². The van der Waals surface area contributed by atoms with Crippen LogP contribution in [0.4, 0.5) is 4.79 Å². The second kappa shape index (κ2) is 10.4. The third-order valence-electron chi connectivity index (χ3n) is 2.80. The van der Waals surface area contributed by atoms with Gasteiger partial charge in [-0.15, -0.1) is 0 Å². The predicted molar refractivity (Wildman–Crippen MR) is 76.9 cm³/mol. The van der Waals surface area contributed by atoms with Crippen molar-refractivity contribution in [3.8, 4) is 0 Å². The molecule has 0 radical (unpaired) electrons. The standard InChI is InChI=1S/C13H27N3O4/c1-5-7-16(9-8-15(2)3)13(19)14-11(12(17)18)6-10-20-4/h11H,5-10H2,1-4H3,(H,14,19)(H,17,18). The van der Waals surface area contributed by atoms with Crippen LogP contribution in [0.2, 0.25) is 0 Å². The molecule has 0 aromatic rings. The molecule has 0 aliphatic rings. The number of nitrogens with one attached hydrogen (secondary N) is 1. The third-order valence-corrected chi connectivity index (χ3v) is 2.80. The Balaban J connectivity index is 4.49. The molecule has 1 unspecified atom stereocenters. The van der Waals surface area contributed by atoms with Gasteiger partial charge in [0.2, 0.25) is 0 Å². The summed E-state index contributed by atoms with van der Waals surface area (Å²) in [4.78, 5) is 26.8. The average molecular weight is 289 g/mol. The molecule has 0 heterocycles. The van der Waals surface area contributed by atoms with E-state index in [2.05, 4.69) is 5.32 Å². The molecule has 7 heteroatoms. The van der Waals surface area contributed by atoms with Gasteiger partial charge in [-0.3, -0.25) is 0 Å². The van der Waals surface area contributed by atoms with E-state index in [1.54, 1.807) is 4.90 Å². The molecular weight excluding hydrogens is 262 g/mol. The van der Waals surface area contributed by atoms with Crippen molar-refractivity contribution in [1.29, 1.82) is 0 Å². The minimum Gasteiger partial charge on any atom is -0.480 e. The number of carbonyl (C=O) groups excluding carboxylic acids is 1. The van der Waals surface area contributed by atoms with Gasteiger partial charge in [0.15, 0.2) is 0 Å². The number of ether oxygens (including phenoxy) is 1. The smallest absolute Gasteiger partial charge is 0.326 e. The molecule has 2 amide bonds. The number of hydrogen-bond acceptors (Lipinski definition) is 4. The van der Waals surface area contributed by atoms with Gasteiger partial charge in [0.1, 0.15) is 6.04 Å². The Morgan fingerprint density at radius 3 is 2.35 bits per heavy atom. The van der Waals surface area contributed by atoms with E-state index in [4.69, 9.17) is 9.84 Å². The number of urea groups is 1. The van der Waals surface area contributed by atoms with Crippen molar-refractivity contribution < 1.29 is 19.4 Å². The number of nitrogens with zero attached hydrogens (tertiary/aromatic N) is 2. The average Bonchev–Trinajstić information content (AvgIpc) is 2.38. The Morgan fingerprint density at radius 2 is 1.90 bits per heavy atom. The van der Waals surface area contributed by atoms with E-state index in [1.165, 1.54) is 7.11 Å². The molecule has 0 aromatic carbocycles. The van der Waals surface area contributed by atoms with E-state index in [0.717, 1.165) is 13.0 Å². The van der Waals surface area contributed by atoms with Crippen LogP contribution in [0.15, 0.2) is 0 Å². The van der Waals surface area contributed by atoms with Crippen LogP contribution in [0, 0.1) is 0 Å². The highest BCUT2D eigenvalue weighted by molar-refractivity contribution is 5.82. The molecule has 20 heavy (non-hydrogen) atoms. The Morgan fingerprint density at radius 1 is 1.25 bits per heavy atom. The summed E-state index contributed by atoms with van der Waals surface area (Å²) in [7, 11) is 5.36. The summed E-state index contributed by atoms with van der Waals surface area (Å²) in [5.41, 5.74) is 0. The summed E-state index contributed by atoms with van der Waals surface area (Å²) < 4.78 is 4.86. The highest BCUT2D eigenvalue weighted by Crippen LogP contribution is 1.98. The van der Waals surface area contributed by atoms with E-state index in [-0.39, 0.29) is 12.5 Å². The van der Waals surface area contributed by atoms with Crippen molar-refractivity contribution in [2.45, 2.75) is 25.8 Å². The van der Waals surface area contributed by atoms with Crippen molar-refractivity contribution in [1.82, 2.24) is 15.1 Å². The highest BCUT2D eigenvalue weighted by Gasteiger charge is 2.22. The minimum atomic E-state index is -1.04. The summed E-state index contributed by atoms with van der Waals surface area (Å²) in [5.74, 6) is -1.04. The molecule has 0 rings (SSSR count). The van der Waals surface area contributed by atoms with Gasteiger partial charge in [0, 0.05) is 39.8 Å². The van der Waals surface area contributed by atoms with E-state index < -0.39 is 12.0 Å². The molecule has 0 aliphatic heterocycles. The summed E-state index contributed by atoms with van der Waals surface area (Å²) in [5, 5.41) is 11.6. The van der Waals surface area contributed by atoms with Crippen LogP contribution < -0.4 is 5.32 Å². The number of hydrogen-bond donors (Lipinski definition) is 2. The summed E-state index contributed by atoms with van der Waals surface area (Å²) in [6, 6.07) is -1.25. The van der Waals surface area contributed by atoms with Crippen molar-refractivity contribution in [3.05, 3.63) is 0 Å². The van der Waals surface area contributed by atoms with E-state index in [1.807, 2.05) is 25.9 Å². The first-order valence-electron chi connectivity index (χ1n) is 6.84. The molecule has 7 nitrogen and oxygen atoms in total.